The predicted octanol–water partition coefficient (Wildman–Crippen LogP) is 1.40. The van der Waals surface area contributed by atoms with E-state index in [4.69, 9.17) is 9.94 Å². The van der Waals surface area contributed by atoms with Crippen LogP contribution in [0.25, 0.3) is 0 Å². The van der Waals surface area contributed by atoms with Gasteiger partial charge in [0.2, 0.25) is 0 Å². The van der Waals surface area contributed by atoms with Crippen LogP contribution in [0.2, 0.25) is 0 Å². The number of ether oxygens (including phenoxy) is 1. The Hall–Kier alpha value is -1.82. The van der Waals surface area contributed by atoms with E-state index < -0.39 is 4.92 Å². The first-order valence-corrected chi connectivity index (χ1v) is 3.41. The van der Waals surface area contributed by atoms with Gasteiger partial charge in [0.15, 0.2) is 5.75 Å². The van der Waals surface area contributed by atoms with Crippen LogP contribution in [0.15, 0.2) is 18.2 Å². The molecule has 0 bridgehead atoms. The average Bonchev–Trinajstić information content (AvgIpc) is 2.16. The van der Waals surface area contributed by atoms with Gasteiger partial charge in [-0.05, 0) is 6.07 Å². The highest BCUT2D eigenvalue weighted by Crippen LogP contribution is 2.29. The van der Waals surface area contributed by atoms with Crippen molar-refractivity contribution in [1.82, 2.24) is 0 Å². The van der Waals surface area contributed by atoms with Crippen molar-refractivity contribution in [3.8, 4) is 5.75 Å². The molecule has 0 heterocycles. The lowest BCUT2D eigenvalue weighted by Crippen LogP contribution is -1.95. The van der Waals surface area contributed by atoms with Crippen molar-refractivity contribution >= 4 is 11.4 Å². The molecule has 0 spiro atoms. The molecule has 0 aromatic heterocycles. The van der Waals surface area contributed by atoms with Crippen molar-refractivity contribution in [1.29, 1.82) is 0 Å². The van der Waals surface area contributed by atoms with Gasteiger partial charge >= 0.3 is 5.69 Å². The summed E-state index contributed by atoms with van der Waals surface area (Å²) in [4.78, 5) is 9.87. The number of methoxy groups -OCH3 is 1. The van der Waals surface area contributed by atoms with Gasteiger partial charge in [0.25, 0.3) is 0 Å². The Morgan fingerprint density at radius 1 is 1.62 bits per heavy atom. The fourth-order valence-electron chi connectivity index (χ4n) is 0.898. The van der Waals surface area contributed by atoms with Gasteiger partial charge in [-0.3, -0.25) is 20.8 Å². The molecule has 0 amide bonds. The van der Waals surface area contributed by atoms with E-state index in [2.05, 4.69) is 0 Å². The number of anilines is 1. The summed E-state index contributed by atoms with van der Waals surface area (Å²) in [5.74, 6) is 0.101. The second-order valence-electron chi connectivity index (χ2n) is 2.26. The average molecular weight is 184 g/mol. The molecule has 1 aromatic rings. The van der Waals surface area contributed by atoms with Crippen molar-refractivity contribution in [2.75, 3.05) is 12.6 Å². The second kappa shape index (κ2) is 3.72. The summed E-state index contributed by atoms with van der Waals surface area (Å²) in [6.45, 7) is 0. The second-order valence-corrected chi connectivity index (χ2v) is 2.26. The van der Waals surface area contributed by atoms with Crippen LogP contribution in [0.4, 0.5) is 11.4 Å². The van der Waals surface area contributed by atoms with E-state index in [9.17, 15) is 10.1 Å². The third-order valence-corrected chi connectivity index (χ3v) is 1.51. The summed E-state index contributed by atoms with van der Waals surface area (Å²) in [5, 5.41) is 18.9. The van der Waals surface area contributed by atoms with Crippen molar-refractivity contribution in [3.63, 3.8) is 0 Å². The molecular formula is C7H8N2O4. The molecule has 70 valence electrons. The summed E-state index contributed by atoms with van der Waals surface area (Å²) >= 11 is 0. The first-order chi connectivity index (χ1) is 6.19. The number of rotatable bonds is 3. The van der Waals surface area contributed by atoms with Crippen LogP contribution in [0, 0.1) is 10.1 Å². The van der Waals surface area contributed by atoms with Crippen LogP contribution in [-0.2, 0) is 0 Å². The molecule has 1 aromatic carbocycles. The third kappa shape index (κ3) is 1.85. The number of nitrogens with one attached hydrogen (secondary N) is 1. The Kier molecular flexibility index (Phi) is 2.65. The Bertz CT molecular complexity index is 326. The fourth-order valence-corrected chi connectivity index (χ4v) is 0.898. The van der Waals surface area contributed by atoms with E-state index in [0.29, 0.717) is 5.69 Å². The predicted molar refractivity (Wildman–Crippen MR) is 45.1 cm³/mol. The molecule has 2 N–H and O–H groups in total. The van der Waals surface area contributed by atoms with Crippen LogP contribution in [0.3, 0.4) is 0 Å². The van der Waals surface area contributed by atoms with E-state index >= 15 is 0 Å². The van der Waals surface area contributed by atoms with E-state index in [0.717, 1.165) is 0 Å². The summed E-state index contributed by atoms with van der Waals surface area (Å²) in [5.41, 5.74) is 2.06. The molecule has 1 rings (SSSR count). The summed E-state index contributed by atoms with van der Waals surface area (Å²) in [7, 11) is 1.32. The largest absolute Gasteiger partial charge is 0.490 e. The molecule has 0 atom stereocenters. The Balaban J connectivity index is 3.15. The summed E-state index contributed by atoms with van der Waals surface area (Å²) < 4.78 is 4.76. The zero-order chi connectivity index (χ0) is 9.84. The van der Waals surface area contributed by atoms with E-state index in [1.165, 1.54) is 25.3 Å². The van der Waals surface area contributed by atoms with Crippen LogP contribution in [0.1, 0.15) is 0 Å². The number of benzene rings is 1. The van der Waals surface area contributed by atoms with Gasteiger partial charge in [-0.25, -0.2) is 0 Å². The van der Waals surface area contributed by atoms with Crippen LogP contribution in [-0.4, -0.2) is 17.2 Å². The molecule has 0 aliphatic rings. The van der Waals surface area contributed by atoms with Gasteiger partial charge in [0.1, 0.15) is 0 Å². The highest BCUT2D eigenvalue weighted by atomic mass is 16.6. The molecule has 0 aliphatic heterocycles. The number of nitrogens with zero attached hydrogens (tertiary/aromatic N) is 1. The van der Waals surface area contributed by atoms with Crippen molar-refractivity contribution in [3.05, 3.63) is 28.3 Å². The highest BCUT2D eigenvalue weighted by molar-refractivity contribution is 5.56. The number of hydrogen-bond donors (Lipinski definition) is 2. The van der Waals surface area contributed by atoms with Crippen molar-refractivity contribution in [2.45, 2.75) is 0 Å². The minimum atomic E-state index is -0.556. The normalized spacial score (nSPS) is 9.38. The number of nitro groups is 1. The quantitative estimate of drug-likeness (QED) is 0.547. The molecule has 0 unspecified atom stereocenters. The summed E-state index contributed by atoms with van der Waals surface area (Å²) in [6.07, 6.45) is 0. The maximum atomic E-state index is 10.4. The van der Waals surface area contributed by atoms with Gasteiger partial charge in [-0.2, -0.15) is 0 Å². The molecule has 0 aliphatic carbocycles. The Morgan fingerprint density at radius 2 is 2.31 bits per heavy atom. The van der Waals surface area contributed by atoms with Crippen molar-refractivity contribution < 1.29 is 14.9 Å². The zero-order valence-corrected chi connectivity index (χ0v) is 6.85. The Morgan fingerprint density at radius 3 is 2.77 bits per heavy atom. The van der Waals surface area contributed by atoms with Crippen LogP contribution < -0.4 is 10.2 Å². The first kappa shape index (κ1) is 9.27. The lowest BCUT2D eigenvalue weighted by molar-refractivity contribution is -0.385. The lowest BCUT2D eigenvalue weighted by atomic mass is 10.2. The third-order valence-electron chi connectivity index (χ3n) is 1.51. The standard InChI is InChI=1S/C7H8N2O4/c1-13-7-4-5(8-10)2-3-6(7)9(11)12/h2-4,8,10H,1H3. The van der Waals surface area contributed by atoms with Gasteiger partial charge in [0.05, 0.1) is 17.7 Å². The first-order valence-electron chi connectivity index (χ1n) is 3.41. The smallest absolute Gasteiger partial charge is 0.311 e. The maximum absolute atomic E-state index is 10.4. The zero-order valence-electron chi connectivity index (χ0n) is 6.85. The topological polar surface area (TPSA) is 84.6 Å². The van der Waals surface area contributed by atoms with Gasteiger partial charge in [-0.1, -0.05) is 0 Å². The van der Waals surface area contributed by atoms with Gasteiger partial charge in [0, 0.05) is 12.1 Å². The lowest BCUT2D eigenvalue weighted by Gasteiger charge is -2.03. The van der Waals surface area contributed by atoms with Crippen LogP contribution in [0.5, 0.6) is 5.75 Å². The fraction of sp³-hybridized carbons (Fsp3) is 0.143. The number of hydrogen-bond acceptors (Lipinski definition) is 5. The van der Waals surface area contributed by atoms with E-state index in [-0.39, 0.29) is 11.4 Å². The monoisotopic (exact) mass is 184 g/mol. The van der Waals surface area contributed by atoms with Crippen molar-refractivity contribution in [2.24, 2.45) is 0 Å². The highest BCUT2D eigenvalue weighted by Gasteiger charge is 2.13. The number of nitro benzene ring substituents is 1. The summed E-state index contributed by atoms with van der Waals surface area (Å²) in [6, 6.07) is 3.95. The molecule has 13 heavy (non-hydrogen) atoms. The maximum Gasteiger partial charge on any atom is 0.311 e. The molecular weight excluding hydrogens is 176 g/mol. The minimum absolute atomic E-state index is 0.101. The Labute approximate surface area is 73.9 Å². The molecule has 6 nitrogen and oxygen atoms in total. The van der Waals surface area contributed by atoms with E-state index in [1.807, 2.05) is 5.48 Å². The molecule has 0 fully saturated rings. The SMILES string of the molecule is COc1cc(NO)ccc1[N+](=O)[O-]. The van der Waals surface area contributed by atoms with Gasteiger partial charge < -0.3 is 4.74 Å². The molecule has 0 saturated heterocycles. The van der Waals surface area contributed by atoms with E-state index in [1.54, 1.807) is 0 Å². The van der Waals surface area contributed by atoms with Crippen LogP contribution >= 0.6 is 0 Å². The molecule has 6 heteroatoms. The van der Waals surface area contributed by atoms with Gasteiger partial charge in [-0.15, -0.1) is 0 Å². The molecule has 0 saturated carbocycles. The minimum Gasteiger partial charge on any atom is -0.490 e. The molecule has 0 radical (unpaired) electrons.